The molecule has 0 aliphatic heterocycles. The Kier molecular flexibility index (Phi) is 4.52. The Bertz CT molecular complexity index is 376. The smallest absolute Gasteiger partial charge is 0.311 e. The fraction of sp³-hybridized carbons (Fsp3) is 0.545. The lowest BCUT2D eigenvalue weighted by Gasteiger charge is -2.24. The molecule has 0 aliphatic carbocycles. The third kappa shape index (κ3) is 3.06. The summed E-state index contributed by atoms with van der Waals surface area (Å²) in [4.78, 5) is 12.6. The molecule has 3 nitrogen and oxygen atoms in total. The first-order valence-corrected chi connectivity index (χ1v) is 6.62. The van der Waals surface area contributed by atoms with Crippen molar-refractivity contribution < 1.29 is 9.53 Å². The first-order chi connectivity index (χ1) is 7.38. The van der Waals surface area contributed by atoms with E-state index in [4.69, 9.17) is 10.5 Å². The molecule has 0 radical (unpaired) electrons. The van der Waals surface area contributed by atoms with Crippen molar-refractivity contribution in [2.45, 2.75) is 26.3 Å². The molecule has 0 saturated carbocycles. The predicted molar refractivity (Wildman–Crippen MR) is 69.4 cm³/mol. The standard InChI is InChI=1S/C11H16BrNO2S/c1-11(2,10(14)15-3)6-8(13)9-7(12)4-5-16-9/h4-5,8H,6,13H2,1-3H3. The van der Waals surface area contributed by atoms with Crippen LogP contribution in [0.3, 0.4) is 0 Å². The molecule has 0 amide bonds. The SMILES string of the molecule is COC(=O)C(C)(C)CC(N)c1sccc1Br. The summed E-state index contributed by atoms with van der Waals surface area (Å²) in [6, 6.07) is 1.81. The lowest BCUT2D eigenvalue weighted by atomic mass is 9.85. The maximum Gasteiger partial charge on any atom is 0.311 e. The minimum absolute atomic E-state index is 0.150. The average molecular weight is 306 g/mol. The number of ether oxygens (including phenoxy) is 1. The first kappa shape index (κ1) is 13.7. The summed E-state index contributed by atoms with van der Waals surface area (Å²) in [5.41, 5.74) is 5.53. The van der Waals surface area contributed by atoms with Gasteiger partial charge in [-0.05, 0) is 47.6 Å². The average Bonchev–Trinajstić information content (AvgIpc) is 2.62. The first-order valence-electron chi connectivity index (χ1n) is 4.95. The molecule has 0 fully saturated rings. The van der Waals surface area contributed by atoms with Gasteiger partial charge in [0.25, 0.3) is 0 Å². The summed E-state index contributed by atoms with van der Waals surface area (Å²) in [6.45, 7) is 3.69. The van der Waals surface area contributed by atoms with Crippen LogP contribution in [0.1, 0.15) is 31.2 Å². The maximum absolute atomic E-state index is 11.5. The van der Waals surface area contributed by atoms with Crippen molar-refractivity contribution in [3.05, 3.63) is 20.8 Å². The number of methoxy groups -OCH3 is 1. The van der Waals surface area contributed by atoms with Crippen molar-refractivity contribution >= 4 is 33.2 Å². The molecule has 1 heterocycles. The Labute approximate surface area is 108 Å². The van der Waals surface area contributed by atoms with Gasteiger partial charge in [0.2, 0.25) is 0 Å². The van der Waals surface area contributed by atoms with E-state index in [0.717, 1.165) is 9.35 Å². The van der Waals surface area contributed by atoms with Crippen LogP contribution in [0.25, 0.3) is 0 Å². The van der Waals surface area contributed by atoms with Crippen LogP contribution >= 0.6 is 27.3 Å². The summed E-state index contributed by atoms with van der Waals surface area (Å²) in [6.07, 6.45) is 0.568. The molecular weight excluding hydrogens is 290 g/mol. The minimum Gasteiger partial charge on any atom is -0.469 e. The predicted octanol–water partition coefficient (Wildman–Crippen LogP) is 3.10. The van der Waals surface area contributed by atoms with Gasteiger partial charge < -0.3 is 10.5 Å². The van der Waals surface area contributed by atoms with Gasteiger partial charge in [0.1, 0.15) is 0 Å². The highest BCUT2D eigenvalue weighted by Gasteiger charge is 2.32. The molecule has 90 valence electrons. The number of hydrogen-bond donors (Lipinski definition) is 1. The van der Waals surface area contributed by atoms with E-state index in [9.17, 15) is 4.79 Å². The summed E-state index contributed by atoms with van der Waals surface area (Å²) in [5.74, 6) is -0.226. The minimum atomic E-state index is -0.558. The second kappa shape index (κ2) is 5.29. The number of esters is 1. The number of nitrogens with two attached hydrogens (primary N) is 1. The molecule has 0 saturated heterocycles. The Morgan fingerprint density at radius 1 is 1.69 bits per heavy atom. The number of thiophene rings is 1. The van der Waals surface area contributed by atoms with E-state index in [2.05, 4.69) is 15.9 Å². The largest absolute Gasteiger partial charge is 0.469 e. The summed E-state index contributed by atoms with van der Waals surface area (Å²) in [7, 11) is 1.40. The van der Waals surface area contributed by atoms with Gasteiger partial charge >= 0.3 is 5.97 Å². The molecule has 1 atom stereocenters. The van der Waals surface area contributed by atoms with Gasteiger partial charge in [-0.1, -0.05) is 0 Å². The number of carbonyl (C=O) groups is 1. The number of hydrogen-bond acceptors (Lipinski definition) is 4. The van der Waals surface area contributed by atoms with E-state index < -0.39 is 5.41 Å². The van der Waals surface area contributed by atoms with Gasteiger partial charge in [-0.25, -0.2) is 0 Å². The van der Waals surface area contributed by atoms with Crippen LogP contribution in [0.4, 0.5) is 0 Å². The lowest BCUT2D eigenvalue weighted by Crippen LogP contribution is -2.30. The monoisotopic (exact) mass is 305 g/mol. The zero-order valence-electron chi connectivity index (χ0n) is 9.62. The van der Waals surface area contributed by atoms with Crippen LogP contribution < -0.4 is 5.73 Å². The Morgan fingerprint density at radius 2 is 2.31 bits per heavy atom. The second-order valence-corrected chi connectivity index (χ2v) is 6.12. The Balaban J connectivity index is 2.75. The normalized spacial score (nSPS) is 13.6. The summed E-state index contributed by atoms with van der Waals surface area (Å²) < 4.78 is 5.77. The molecule has 0 spiro atoms. The van der Waals surface area contributed by atoms with Gasteiger partial charge in [-0.3, -0.25) is 4.79 Å². The lowest BCUT2D eigenvalue weighted by molar-refractivity contribution is -0.151. The molecule has 1 aromatic rings. The van der Waals surface area contributed by atoms with Gasteiger partial charge in [-0.15, -0.1) is 11.3 Å². The van der Waals surface area contributed by atoms with Crippen LogP contribution in [-0.2, 0) is 9.53 Å². The fourth-order valence-electron chi connectivity index (χ4n) is 1.57. The maximum atomic E-state index is 11.5. The van der Waals surface area contributed by atoms with Crippen molar-refractivity contribution in [3.8, 4) is 0 Å². The zero-order chi connectivity index (χ0) is 12.3. The highest BCUT2D eigenvalue weighted by atomic mass is 79.9. The summed E-state index contributed by atoms with van der Waals surface area (Å²) in [5, 5.41) is 1.98. The molecule has 2 N–H and O–H groups in total. The van der Waals surface area contributed by atoms with E-state index in [1.165, 1.54) is 7.11 Å². The second-order valence-electron chi connectivity index (χ2n) is 4.32. The highest BCUT2D eigenvalue weighted by Crippen LogP contribution is 2.35. The van der Waals surface area contributed by atoms with E-state index in [1.807, 2.05) is 25.3 Å². The topological polar surface area (TPSA) is 52.3 Å². The quantitative estimate of drug-likeness (QED) is 0.870. The van der Waals surface area contributed by atoms with Crippen molar-refractivity contribution in [2.24, 2.45) is 11.1 Å². The Morgan fingerprint density at radius 3 is 2.75 bits per heavy atom. The van der Waals surface area contributed by atoms with Gasteiger partial charge in [0.05, 0.1) is 12.5 Å². The third-order valence-electron chi connectivity index (χ3n) is 2.45. The van der Waals surface area contributed by atoms with Gasteiger partial charge in [-0.2, -0.15) is 0 Å². The van der Waals surface area contributed by atoms with Gasteiger partial charge in [0.15, 0.2) is 0 Å². The molecule has 0 aliphatic rings. The molecule has 0 bridgehead atoms. The van der Waals surface area contributed by atoms with Crippen molar-refractivity contribution in [2.75, 3.05) is 7.11 Å². The van der Waals surface area contributed by atoms with Crippen LogP contribution in [0.2, 0.25) is 0 Å². The van der Waals surface area contributed by atoms with E-state index in [-0.39, 0.29) is 12.0 Å². The van der Waals surface area contributed by atoms with Crippen LogP contribution in [-0.4, -0.2) is 13.1 Å². The molecule has 5 heteroatoms. The van der Waals surface area contributed by atoms with Crippen molar-refractivity contribution in [3.63, 3.8) is 0 Å². The fourth-order valence-corrected chi connectivity index (χ4v) is 3.24. The molecule has 1 aromatic heterocycles. The highest BCUT2D eigenvalue weighted by molar-refractivity contribution is 9.10. The van der Waals surface area contributed by atoms with Crippen molar-refractivity contribution in [1.82, 2.24) is 0 Å². The molecular formula is C11H16BrNO2S. The van der Waals surface area contributed by atoms with E-state index in [1.54, 1.807) is 11.3 Å². The number of rotatable bonds is 4. The zero-order valence-corrected chi connectivity index (χ0v) is 12.0. The molecule has 0 aromatic carbocycles. The Hall–Kier alpha value is -0.390. The molecule has 1 rings (SSSR count). The van der Waals surface area contributed by atoms with Gasteiger partial charge in [0, 0.05) is 15.4 Å². The van der Waals surface area contributed by atoms with Crippen LogP contribution in [0, 0.1) is 5.41 Å². The number of halogens is 1. The van der Waals surface area contributed by atoms with E-state index in [0.29, 0.717) is 6.42 Å². The van der Waals surface area contributed by atoms with Crippen molar-refractivity contribution in [1.29, 1.82) is 0 Å². The number of carbonyl (C=O) groups excluding carboxylic acids is 1. The molecule has 16 heavy (non-hydrogen) atoms. The van der Waals surface area contributed by atoms with E-state index >= 15 is 0 Å². The molecule has 1 unspecified atom stereocenters. The third-order valence-corrected chi connectivity index (χ3v) is 4.45. The van der Waals surface area contributed by atoms with Crippen LogP contribution in [0.15, 0.2) is 15.9 Å². The van der Waals surface area contributed by atoms with Crippen LogP contribution in [0.5, 0.6) is 0 Å². The summed E-state index contributed by atoms with van der Waals surface area (Å²) >= 11 is 5.04.